The fourth-order valence-corrected chi connectivity index (χ4v) is 2.52. The van der Waals surface area contributed by atoms with E-state index in [0.717, 1.165) is 51.0 Å². The first-order valence-corrected chi connectivity index (χ1v) is 7.65. The first-order chi connectivity index (χ1) is 9.56. The number of aryl methyl sites for hydroxylation is 1. The molecular weight excluding hydrogens is 252 g/mol. The van der Waals surface area contributed by atoms with Crippen molar-refractivity contribution in [2.24, 2.45) is 5.92 Å². The maximum absolute atomic E-state index is 5.41. The Morgan fingerprint density at radius 1 is 1.30 bits per heavy atom. The van der Waals surface area contributed by atoms with Crippen molar-refractivity contribution in [3.8, 4) is 0 Å². The normalized spacial score (nSPS) is 18.4. The van der Waals surface area contributed by atoms with Gasteiger partial charge in [0.05, 0.1) is 18.9 Å². The summed E-state index contributed by atoms with van der Waals surface area (Å²) in [6.07, 6.45) is 2.15. The van der Waals surface area contributed by atoms with Crippen LogP contribution in [0.3, 0.4) is 0 Å². The summed E-state index contributed by atoms with van der Waals surface area (Å²) in [6, 6.07) is 0.420. The molecule has 1 saturated heterocycles. The highest BCUT2D eigenvalue weighted by Gasteiger charge is 2.17. The predicted molar refractivity (Wildman–Crippen MR) is 82.3 cm³/mol. The van der Waals surface area contributed by atoms with Crippen molar-refractivity contribution in [3.63, 3.8) is 0 Å². The molecule has 1 aromatic heterocycles. The van der Waals surface area contributed by atoms with Crippen LogP contribution in [-0.4, -0.2) is 53.8 Å². The van der Waals surface area contributed by atoms with E-state index in [1.165, 1.54) is 0 Å². The molecule has 1 N–H and O–H groups in total. The Morgan fingerprint density at radius 2 is 2.00 bits per heavy atom. The summed E-state index contributed by atoms with van der Waals surface area (Å²) in [4.78, 5) is 7.07. The van der Waals surface area contributed by atoms with Crippen LogP contribution in [0, 0.1) is 12.8 Å². The highest BCUT2D eigenvalue weighted by atomic mass is 16.5. The van der Waals surface area contributed by atoms with Crippen LogP contribution in [0.25, 0.3) is 0 Å². The van der Waals surface area contributed by atoms with Crippen molar-refractivity contribution in [1.82, 2.24) is 14.5 Å². The van der Waals surface area contributed by atoms with Gasteiger partial charge in [0.1, 0.15) is 0 Å². The van der Waals surface area contributed by atoms with E-state index in [2.05, 4.69) is 53.7 Å². The molecule has 1 aliphatic heterocycles. The van der Waals surface area contributed by atoms with Crippen LogP contribution in [0.2, 0.25) is 0 Å². The van der Waals surface area contributed by atoms with E-state index in [1.807, 2.05) is 0 Å². The van der Waals surface area contributed by atoms with Gasteiger partial charge in [-0.3, -0.25) is 4.90 Å². The Labute approximate surface area is 122 Å². The minimum Gasteiger partial charge on any atom is -0.379 e. The molecule has 2 heterocycles. The number of nitrogens with one attached hydrogen (secondary N) is 1. The lowest BCUT2D eigenvalue weighted by atomic mass is 10.2. The van der Waals surface area contributed by atoms with Crippen LogP contribution < -0.4 is 5.32 Å². The molecule has 0 aliphatic carbocycles. The molecule has 0 bridgehead atoms. The van der Waals surface area contributed by atoms with Gasteiger partial charge < -0.3 is 14.6 Å². The van der Waals surface area contributed by atoms with Crippen LogP contribution in [-0.2, 0) is 4.74 Å². The monoisotopic (exact) mass is 280 g/mol. The molecule has 5 heteroatoms. The van der Waals surface area contributed by atoms with Gasteiger partial charge in [0.25, 0.3) is 0 Å². The minimum absolute atomic E-state index is 0.420. The highest BCUT2D eigenvalue weighted by molar-refractivity contribution is 5.29. The number of rotatable bonds is 6. The highest BCUT2D eigenvalue weighted by Crippen LogP contribution is 2.18. The smallest absolute Gasteiger partial charge is 0.203 e. The van der Waals surface area contributed by atoms with Crippen LogP contribution in [0.5, 0.6) is 0 Å². The number of nitrogens with zero attached hydrogens (tertiary/aromatic N) is 3. The van der Waals surface area contributed by atoms with Crippen molar-refractivity contribution in [2.45, 2.75) is 33.7 Å². The van der Waals surface area contributed by atoms with E-state index < -0.39 is 0 Å². The van der Waals surface area contributed by atoms with E-state index >= 15 is 0 Å². The van der Waals surface area contributed by atoms with Gasteiger partial charge in [-0.25, -0.2) is 4.98 Å². The van der Waals surface area contributed by atoms with Crippen LogP contribution in [0.4, 0.5) is 5.95 Å². The standard InChI is InChI=1S/C15H28N4O/c1-12(2)9-16-15-17-13(3)10-19(15)14(4)11-18-5-7-20-8-6-18/h10,12,14H,5-9,11H2,1-4H3,(H,16,17). The number of hydrogen-bond donors (Lipinski definition) is 1. The van der Waals surface area contributed by atoms with Gasteiger partial charge in [0.2, 0.25) is 5.95 Å². The lowest BCUT2D eigenvalue weighted by Crippen LogP contribution is -2.39. The van der Waals surface area contributed by atoms with E-state index in [9.17, 15) is 0 Å². The second-order valence-electron chi connectivity index (χ2n) is 6.15. The average molecular weight is 280 g/mol. The third-order valence-corrected chi connectivity index (χ3v) is 3.62. The minimum atomic E-state index is 0.420. The van der Waals surface area contributed by atoms with Gasteiger partial charge in [-0.2, -0.15) is 0 Å². The van der Waals surface area contributed by atoms with E-state index in [0.29, 0.717) is 12.0 Å². The Hall–Kier alpha value is -1.07. The van der Waals surface area contributed by atoms with Gasteiger partial charge in [0, 0.05) is 38.4 Å². The number of ether oxygens (including phenoxy) is 1. The zero-order valence-corrected chi connectivity index (χ0v) is 13.2. The maximum Gasteiger partial charge on any atom is 0.203 e. The molecule has 1 aliphatic rings. The molecule has 114 valence electrons. The molecular formula is C15H28N4O. The molecule has 0 radical (unpaired) electrons. The van der Waals surface area contributed by atoms with Gasteiger partial charge in [-0.05, 0) is 19.8 Å². The molecule has 0 aromatic carbocycles. The van der Waals surface area contributed by atoms with Crippen molar-refractivity contribution >= 4 is 5.95 Å². The number of imidazole rings is 1. The largest absolute Gasteiger partial charge is 0.379 e. The van der Waals surface area contributed by atoms with E-state index in [1.54, 1.807) is 0 Å². The maximum atomic E-state index is 5.41. The summed E-state index contributed by atoms with van der Waals surface area (Å²) in [7, 11) is 0. The van der Waals surface area contributed by atoms with Crippen LogP contribution in [0.1, 0.15) is 32.5 Å². The fourth-order valence-electron chi connectivity index (χ4n) is 2.52. The Morgan fingerprint density at radius 3 is 2.65 bits per heavy atom. The van der Waals surface area contributed by atoms with Gasteiger partial charge in [0.15, 0.2) is 0 Å². The summed E-state index contributed by atoms with van der Waals surface area (Å²) >= 11 is 0. The van der Waals surface area contributed by atoms with Crippen LogP contribution >= 0.6 is 0 Å². The summed E-state index contributed by atoms with van der Waals surface area (Å²) < 4.78 is 7.68. The molecule has 20 heavy (non-hydrogen) atoms. The summed E-state index contributed by atoms with van der Waals surface area (Å²) in [5, 5.41) is 3.46. The molecule has 0 amide bonds. The third-order valence-electron chi connectivity index (χ3n) is 3.62. The van der Waals surface area contributed by atoms with Crippen LogP contribution in [0.15, 0.2) is 6.20 Å². The quantitative estimate of drug-likeness (QED) is 0.867. The average Bonchev–Trinajstić information content (AvgIpc) is 2.79. The van der Waals surface area contributed by atoms with Gasteiger partial charge in [-0.1, -0.05) is 13.8 Å². The van der Waals surface area contributed by atoms with Crippen molar-refractivity contribution in [2.75, 3.05) is 44.7 Å². The van der Waals surface area contributed by atoms with Crippen molar-refractivity contribution in [3.05, 3.63) is 11.9 Å². The molecule has 0 saturated carbocycles. The number of anilines is 1. The lowest BCUT2D eigenvalue weighted by Gasteiger charge is -2.30. The lowest BCUT2D eigenvalue weighted by molar-refractivity contribution is 0.0326. The third kappa shape index (κ3) is 4.21. The zero-order valence-electron chi connectivity index (χ0n) is 13.2. The van der Waals surface area contributed by atoms with Gasteiger partial charge in [-0.15, -0.1) is 0 Å². The first kappa shape index (κ1) is 15.3. The van der Waals surface area contributed by atoms with E-state index in [-0.39, 0.29) is 0 Å². The summed E-state index contributed by atoms with van der Waals surface area (Å²) in [5.41, 5.74) is 1.07. The molecule has 2 rings (SSSR count). The van der Waals surface area contributed by atoms with Crippen molar-refractivity contribution in [1.29, 1.82) is 0 Å². The second-order valence-corrected chi connectivity index (χ2v) is 6.15. The Bertz CT molecular complexity index is 410. The SMILES string of the molecule is Cc1cn(C(C)CN2CCOCC2)c(NCC(C)C)n1. The molecule has 1 unspecified atom stereocenters. The number of morpholine rings is 1. The molecule has 5 nitrogen and oxygen atoms in total. The molecule has 1 aromatic rings. The predicted octanol–water partition coefficient (Wildman–Crippen LogP) is 2.15. The number of aromatic nitrogens is 2. The number of hydrogen-bond acceptors (Lipinski definition) is 4. The van der Waals surface area contributed by atoms with Gasteiger partial charge >= 0.3 is 0 Å². The summed E-state index contributed by atoms with van der Waals surface area (Å²) in [6.45, 7) is 14.5. The van der Waals surface area contributed by atoms with E-state index in [4.69, 9.17) is 4.74 Å². The molecule has 1 fully saturated rings. The van der Waals surface area contributed by atoms with Crippen molar-refractivity contribution < 1.29 is 4.74 Å². The Kier molecular flexibility index (Phi) is 5.43. The topological polar surface area (TPSA) is 42.3 Å². The first-order valence-electron chi connectivity index (χ1n) is 7.65. The molecule has 0 spiro atoms. The fraction of sp³-hybridized carbons (Fsp3) is 0.800. The Balaban J connectivity index is 1.98. The zero-order chi connectivity index (χ0) is 14.5. The molecule has 1 atom stereocenters. The second kappa shape index (κ2) is 7.09. The summed E-state index contributed by atoms with van der Waals surface area (Å²) in [5.74, 6) is 1.62.